The molecule has 0 aliphatic carbocycles. The van der Waals surface area contributed by atoms with E-state index in [1.165, 1.54) is 6.07 Å². The number of pyridine rings is 1. The quantitative estimate of drug-likeness (QED) is 0.770. The van der Waals surface area contributed by atoms with E-state index >= 15 is 0 Å². The SMILES string of the molecule is CN[C@@H]1CCN(Cc2ccc(F)c(NC(=O)Nc3ccc(C)nc3)c2)C1. The number of likely N-dealkylation sites (tertiary alicyclic amines) is 1. The number of rotatable bonds is 5. The van der Waals surface area contributed by atoms with Gasteiger partial charge in [0.05, 0.1) is 17.6 Å². The van der Waals surface area contributed by atoms with Gasteiger partial charge >= 0.3 is 6.03 Å². The number of nitrogens with one attached hydrogen (secondary N) is 3. The van der Waals surface area contributed by atoms with Gasteiger partial charge in [0.1, 0.15) is 5.82 Å². The van der Waals surface area contributed by atoms with E-state index in [1.807, 2.05) is 14.0 Å². The highest BCUT2D eigenvalue weighted by atomic mass is 19.1. The average Bonchev–Trinajstić information content (AvgIpc) is 3.07. The monoisotopic (exact) mass is 357 g/mol. The van der Waals surface area contributed by atoms with Crippen LogP contribution in [0.4, 0.5) is 20.6 Å². The van der Waals surface area contributed by atoms with Crippen LogP contribution < -0.4 is 16.0 Å². The van der Waals surface area contributed by atoms with Crippen LogP contribution in [-0.4, -0.2) is 42.1 Å². The first-order valence-electron chi connectivity index (χ1n) is 8.72. The number of carbonyl (C=O) groups excluding carboxylic acids is 1. The molecule has 3 N–H and O–H groups in total. The number of nitrogens with zero attached hydrogens (tertiary/aromatic N) is 2. The van der Waals surface area contributed by atoms with Crippen LogP contribution >= 0.6 is 0 Å². The lowest BCUT2D eigenvalue weighted by atomic mass is 10.2. The molecule has 1 saturated heterocycles. The van der Waals surface area contributed by atoms with Crippen molar-refractivity contribution in [3.05, 3.63) is 53.6 Å². The number of anilines is 2. The van der Waals surface area contributed by atoms with Gasteiger partial charge < -0.3 is 16.0 Å². The minimum atomic E-state index is -0.497. The predicted molar refractivity (Wildman–Crippen MR) is 101 cm³/mol. The molecule has 6 nitrogen and oxygen atoms in total. The zero-order valence-corrected chi connectivity index (χ0v) is 15.1. The maximum atomic E-state index is 14.1. The lowest BCUT2D eigenvalue weighted by molar-refractivity contribution is 0.262. The van der Waals surface area contributed by atoms with Gasteiger partial charge in [-0.3, -0.25) is 9.88 Å². The Hall–Kier alpha value is -2.51. The van der Waals surface area contributed by atoms with Gasteiger partial charge in [-0.15, -0.1) is 0 Å². The van der Waals surface area contributed by atoms with Crippen LogP contribution in [0.2, 0.25) is 0 Å². The molecule has 0 bridgehead atoms. The maximum absolute atomic E-state index is 14.1. The molecule has 1 aliphatic rings. The molecule has 1 atom stereocenters. The van der Waals surface area contributed by atoms with E-state index in [2.05, 4.69) is 25.8 Å². The second kappa shape index (κ2) is 8.25. The molecular formula is C19H24FN5O. The first kappa shape index (κ1) is 18.3. The van der Waals surface area contributed by atoms with E-state index in [-0.39, 0.29) is 5.69 Å². The Morgan fingerprint density at radius 3 is 2.85 bits per heavy atom. The molecule has 2 aromatic rings. The minimum absolute atomic E-state index is 0.171. The van der Waals surface area contributed by atoms with Crippen molar-refractivity contribution < 1.29 is 9.18 Å². The predicted octanol–water partition coefficient (Wildman–Crippen LogP) is 2.97. The van der Waals surface area contributed by atoms with Gasteiger partial charge in [-0.05, 0) is 50.2 Å². The van der Waals surface area contributed by atoms with E-state index < -0.39 is 11.8 Å². The summed E-state index contributed by atoms with van der Waals surface area (Å²) >= 11 is 0. The van der Waals surface area contributed by atoms with Gasteiger partial charge in [0.2, 0.25) is 0 Å². The average molecular weight is 357 g/mol. The van der Waals surface area contributed by atoms with Crippen LogP contribution in [0, 0.1) is 12.7 Å². The lowest BCUT2D eigenvalue weighted by Crippen LogP contribution is -2.29. The summed E-state index contributed by atoms with van der Waals surface area (Å²) in [6, 6.07) is 8.39. The number of halogens is 1. The molecule has 26 heavy (non-hydrogen) atoms. The zero-order chi connectivity index (χ0) is 18.5. The number of aryl methyl sites for hydroxylation is 1. The van der Waals surface area contributed by atoms with Crippen molar-refractivity contribution in [1.29, 1.82) is 0 Å². The summed E-state index contributed by atoms with van der Waals surface area (Å²) in [7, 11) is 1.97. The van der Waals surface area contributed by atoms with Crippen LogP contribution in [-0.2, 0) is 6.54 Å². The number of carbonyl (C=O) groups is 1. The van der Waals surface area contributed by atoms with E-state index in [0.29, 0.717) is 11.7 Å². The number of likely N-dealkylation sites (N-methyl/N-ethyl adjacent to an activating group) is 1. The molecule has 1 aromatic carbocycles. The molecule has 0 saturated carbocycles. The molecule has 2 amide bonds. The van der Waals surface area contributed by atoms with Crippen molar-refractivity contribution in [2.45, 2.75) is 25.9 Å². The summed E-state index contributed by atoms with van der Waals surface area (Å²) in [5.74, 6) is -0.458. The molecular weight excluding hydrogens is 333 g/mol. The van der Waals surface area contributed by atoms with Crippen molar-refractivity contribution in [2.24, 2.45) is 0 Å². The number of aromatic nitrogens is 1. The zero-order valence-electron chi connectivity index (χ0n) is 15.1. The third-order valence-corrected chi connectivity index (χ3v) is 4.54. The summed E-state index contributed by atoms with van der Waals surface area (Å²) < 4.78 is 14.1. The van der Waals surface area contributed by atoms with Gasteiger partial charge in [-0.25, -0.2) is 9.18 Å². The first-order valence-corrected chi connectivity index (χ1v) is 8.72. The van der Waals surface area contributed by atoms with Gasteiger partial charge in [-0.1, -0.05) is 6.07 Å². The fourth-order valence-corrected chi connectivity index (χ4v) is 3.06. The number of urea groups is 1. The Morgan fingerprint density at radius 1 is 1.31 bits per heavy atom. The van der Waals surface area contributed by atoms with Gasteiger partial charge in [-0.2, -0.15) is 0 Å². The molecule has 1 fully saturated rings. The number of benzene rings is 1. The number of hydrogen-bond acceptors (Lipinski definition) is 4. The second-order valence-corrected chi connectivity index (χ2v) is 6.59. The second-order valence-electron chi connectivity index (χ2n) is 6.59. The summed E-state index contributed by atoms with van der Waals surface area (Å²) in [6.07, 6.45) is 2.67. The van der Waals surface area contributed by atoms with Crippen LogP contribution in [0.25, 0.3) is 0 Å². The van der Waals surface area contributed by atoms with E-state index in [4.69, 9.17) is 0 Å². The fourth-order valence-electron chi connectivity index (χ4n) is 3.06. The summed E-state index contributed by atoms with van der Waals surface area (Å²) in [6.45, 7) is 4.57. The van der Waals surface area contributed by atoms with Gasteiger partial charge in [0, 0.05) is 31.4 Å². The van der Waals surface area contributed by atoms with E-state index in [0.717, 1.165) is 37.3 Å². The Balaban J connectivity index is 1.62. The number of amides is 2. The van der Waals surface area contributed by atoms with Crippen LogP contribution in [0.1, 0.15) is 17.7 Å². The van der Waals surface area contributed by atoms with Crippen molar-refractivity contribution in [3.63, 3.8) is 0 Å². The van der Waals surface area contributed by atoms with E-state index in [1.54, 1.807) is 30.5 Å². The largest absolute Gasteiger partial charge is 0.323 e. The first-order chi connectivity index (χ1) is 12.5. The smallest absolute Gasteiger partial charge is 0.316 e. The highest BCUT2D eigenvalue weighted by Crippen LogP contribution is 2.20. The Labute approximate surface area is 152 Å². The van der Waals surface area contributed by atoms with Crippen molar-refractivity contribution in [2.75, 3.05) is 30.8 Å². The molecule has 138 valence electrons. The highest BCUT2D eigenvalue weighted by Gasteiger charge is 2.21. The maximum Gasteiger partial charge on any atom is 0.323 e. The molecule has 2 heterocycles. The van der Waals surface area contributed by atoms with Crippen LogP contribution in [0.3, 0.4) is 0 Å². The Bertz CT molecular complexity index is 765. The summed E-state index contributed by atoms with van der Waals surface area (Å²) in [5, 5.41) is 8.51. The Kier molecular flexibility index (Phi) is 5.80. The van der Waals surface area contributed by atoms with Crippen molar-refractivity contribution in [3.8, 4) is 0 Å². The highest BCUT2D eigenvalue weighted by molar-refractivity contribution is 5.99. The van der Waals surface area contributed by atoms with Crippen molar-refractivity contribution in [1.82, 2.24) is 15.2 Å². The normalized spacial score (nSPS) is 17.3. The molecule has 3 rings (SSSR count). The molecule has 1 aliphatic heterocycles. The lowest BCUT2D eigenvalue weighted by Gasteiger charge is -2.17. The van der Waals surface area contributed by atoms with Crippen molar-refractivity contribution >= 4 is 17.4 Å². The fraction of sp³-hybridized carbons (Fsp3) is 0.368. The van der Waals surface area contributed by atoms with Crippen LogP contribution in [0.5, 0.6) is 0 Å². The minimum Gasteiger partial charge on any atom is -0.316 e. The third kappa shape index (κ3) is 4.77. The summed E-state index contributed by atoms with van der Waals surface area (Å²) in [5.41, 5.74) is 2.55. The van der Waals surface area contributed by atoms with Crippen LogP contribution in [0.15, 0.2) is 36.5 Å². The van der Waals surface area contributed by atoms with Gasteiger partial charge in [0.15, 0.2) is 0 Å². The molecule has 0 unspecified atom stereocenters. The van der Waals surface area contributed by atoms with Gasteiger partial charge in [0.25, 0.3) is 0 Å². The van der Waals surface area contributed by atoms with E-state index in [9.17, 15) is 9.18 Å². The molecule has 7 heteroatoms. The topological polar surface area (TPSA) is 69.3 Å². The summed E-state index contributed by atoms with van der Waals surface area (Å²) in [4.78, 5) is 18.6. The Morgan fingerprint density at radius 2 is 2.15 bits per heavy atom. The molecule has 1 aromatic heterocycles. The molecule has 0 spiro atoms. The number of hydrogen-bond donors (Lipinski definition) is 3. The standard InChI is InChI=1S/C19H24FN5O/c1-13-3-5-15(10-22-13)23-19(26)24-18-9-14(4-6-17(18)20)11-25-8-7-16(12-25)21-2/h3-6,9-10,16,21H,7-8,11-12H2,1-2H3,(H2,23,24,26)/t16-/m1/s1. The molecule has 0 radical (unpaired) electrons. The third-order valence-electron chi connectivity index (χ3n) is 4.54.